The summed E-state index contributed by atoms with van der Waals surface area (Å²) in [6.45, 7) is 5.70. The number of hydrogen-bond donors (Lipinski definition) is 1. The molecule has 1 atom stereocenters. The molecule has 31 heavy (non-hydrogen) atoms. The Labute approximate surface area is 180 Å². The topological polar surface area (TPSA) is 80.0 Å². The number of ketones is 1. The van der Waals surface area contributed by atoms with E-state index in [1.54, 1.807) is 42.5 Å². The molecular weight excluding hydrogens is 394 g/mol. The number of Topliss-reactive ketones (excluding diaryl/α,β-unsaturated/α-hetero) is 1. The normalized spacial score (nSPS) is 18.1. The van der Waals surface area contributed by atoms with E-state index in [0.29, 0.717) is 22.8 Å². The molecule has 1 aromatic heterocycles. The molecule has 158 valence electrons. The molecule has 3 aromatic rings. The van der Waals surface area contributed by atoms with E-state index < -0.39 is 17.7 Å². The second kappa shape index (κ2) is 8.14. The molecule has 2 aromatic carbocycles. The Balaban J connectivity index is 1.88. The summed E-state index contributed by atoms with van der Waals surface area (Å²) in [6.07, 6.45) is 1.43. The third-order valence-corrected chi connectivity index (χ3v) is 5.02. The maximum absolute atomic E-state index is 13.1. The molecule has 1 unspecified atom stereocenters. The van der Waals surface area contributed by atoms with Gasteiger partial charge in [0.1, 0.15) is 23.3 Å². The molecule has 1 amide bonds. The van der Waals surface area contributed by atoms with Crippen molar-refractivity contribution < 1.29 is 23.8 Å². The first-order chi connectivity index (χ1) is 14.9. The number of benzene rings is 2. The number of carbonyl (C=O) groups is 2. The van der Waals surface area contributed by atoms with Gasteiger partial charge in [0.05, 0.1) is 17.9 Å². The van der Waals surface area contributed by atoms with Gasteiger partial charge >= 0.3 is 0 Å². The van der Waals surface area contributed by atoms with Gasteiger partial charge in [-0.15, -0.1) is 0 Å². The van der Waals surface area contributed by atoms with Gasteiger partial charge in [0.2, 0.25) is 0 Å². The highest BCUT2D eigenvalue weighted by atomic mass is 16.5. The summed E-state index contributed by atoms with van der Waals surface area (Å²) < 4.78 is 11.3. The van der Waals surface area contributed by atoms with Gasteiger partial charge in [0.25, 0.3) is 11.7 Å². The summed E-state index contributed by atoms with van der Waals surface area (Å²) in [5, 5.41) is 11.1. The van der Waals surface area contributed by atoms with Gasteiger partial charge < -0.3 is 14.3 Å². The van der Waals surface area contributed by atoms with E-state index in [4.69, 9.17) is 9.15 Å². The Morgan fingerprint density at radius 3 is 2.52 bits per heavy atom. The molecule has 0 aliphatic carbocycles. The van der Waals surface area contributed by atoms with Crippen LogP contribution in [0.1, 0.15) is 36.8 Å². The third kappa shape index (κ3) is 3.84. The van der Waals surface area contributed by atoms with Crippen LogP contribution >= 0.6 is 0 Å². The maximum atomic E-state index is 13.1. The fraction of sp³-hybridized carbons (Fsp3) is 0.200. The lowest BCUT2D eigenvalue weighted by molar-refractivity contribution is -0.132. The Hall–Kier alpha value is -3.80. The zero-order chi connectivity index (χ0) is 22.1. The van der Waals surface area contributed by atoms with E-state index in [1.807, 2.05) is 39.0 Å². The van der Waals surface area contributed by atoms with Crippen molar-refractivity contribution in [1.82, 2.24) is 0 Å². The first-order valence-electron chi connectivity index (χ1n) is 10.0. The molecular formula is C25H23NO5. The van der Waals surface area contributed by atoms with Gasteiger partial charge in [-0.2, -0.15) is 0 Å². The summed E-state index contributed by atoms with van der Waals surface area (Å²) in [4.78, 5) is 27.5. The van der Waals surface area contributed by atoms with Crippen LogP contribution in [0.15, 0.2) is 76.9 Å². The summed E-state index contributed by atoms with van der Waals surface area (Å²) in [7, 11) is 0. The first kappa shape index (κ1) is 20.5. The van der Waals surface area contributed by atoms with Crippen LogP contribution in [0.2, 0.25) is 0 Å². The number of furan rings is 1. The molecule has 0 spiro atoms. The highest BCUT2D eigenvalue weighted by Gasteiger charge is 2.48. The number of aliphatic hydroxyl groups excluding tert-OH is 1. The van der Waals surface area contributed by atoms with Crippen molar-refractivity contribution in [3.8, 4) is 5.75 Å². The van der Waals surface area contributed by atoms with E-state index in [2.05, 4.69) is 0 Å². The summed E-state index contributed by atoms with van der Waals surface area (Å²) in [5.74, 6) is -0.818. The molecule has 0 saturated carbocycles. The number of amides is 1. The number of aliphatic hydroxyl groups is 1. The third-order valence-electron chi connectivity index (χ3n) is 5.02. The zero-order valence-electron chi connectivity index (χ0n) is 17.5. The number of rotatable bonds is 5. The van der Waals surface area contributed by atoms with Crippen molar-refractivity contribution in [3.05, 3.63) is 89.4 Å². The summed E-state index contributed by atoms with van der Waals surface area (Å²) in [6, 6.07) is 16.6. The Morgan fingerprint density at radius 1 is 1.06 bits per heavy atom. The number of hydrogen-bond acceptors (Lipinski definition) is 5. The predicted octanol–water partition coefficient (Wildman–Crippen LogP) is 5.00. The largest absolute Gasteiger partial charge is 0.507 e. The quantitative estimate of drug-likeness (QED) is 0.359. The van der Waals surface area contributed by atoms with E-state index in [0.717, 1.165) is 5.56 Å². The minimum absolute atomic E-state index is 0.0249. The monoisotopic (exact) mass is 417 g/mol. The minimum atomic E-state index is -0.883. The van der Waals surface area contributed by atoms with E-state index >= 15 is 0 Å². The highest BCUT2D eigenvalue weighted by molar-refractivity contribution is 6.51. The van der Waals surface area contributed by atoms with Gasteiger partial charge in [-0.1, -0.05) is 24.3 Å². The maximum Gasteiger partial charge on any atom is 0.300 e. The van der Waals surface area contributed by atoms with E-state index in [1.165, 1.54) is 11.2 Å². The zero-order valence-corrected chi connectivity index (χ0v) is 17.5. The average Bonchev–Trinajstić information content (AvgIpc) is 3.34. The summed E-state index contributed by atoms with van der Waals surface area (Å²) >= 11 is 0. The van der Waals surface area contributed by atoms with Crippen molar-refractivity contribution in [3.63, 3.8) is 0 Å². The fourth-order valence-electron chi connectivity index (χ4n) is 3.74. The van der Waals surface area contributed by atoms with Crippen LogP contribution in [0.3, 0.4) is 0 Å². The van der Waals surface area contributed by atoms with Crippen LogP contribution in [-0.4, -0.2) is 22.9 Å². The van der Waals surface area contributed by atoms with Crippen LogP contribution in [0.4, 0.5) is 5.69 Å². The minimum Gasteiger partial charge on any atom is -0.507 e. The Morgan fingerprint density at radius 2 is 1.84 bits per heavy atom. The molecule has 6 nitrogen and oxygen atoms in total. The lowest BCUT2D eigenvalue weighted by atomic mass is 9.99. The first-order valence-corrected chi connectivity index (χ1v) is 10.0. The van der Waals surface area contributed by atoms with Gasteiger partial charge in [0.15, 0.2) is 0 Å². The van der Waals surface area contributed by atoms with Crippen molar-refractivity contribution in [2.75, 3.05) is 4.90 Å². The lowest BCUT2D eigenvalue weighted by Crippen LogP contribution is -2.29. The molecule has 1 aliphatic heterocycles. The van der Waals surface area contributed by atoms with E-state index in [9.17, 15) is 14.7 Å². The second-order valence-corrected chi connectivity index (χ2v) is 7.72. The van der Waals surface area contributed by atoms with Gasteiger partial charge in [-0.3, -0.25) is 14.5 Å². The van der Waals surface area contributed by atoms with Crippen LogP contribution in [0.5, 0.6) is 5.75 Å². The van der Waals surface area contributed by atoms with Gasteiger partial charge in [-0.05, 0) is 62.7 Å². The van der Waals surface area contributed by atoms with Crippen LogP contribution in [0.25, 0.3) is 5.76 Å². The molecule has 1 aliphatic rings. The van der Waals surface area contributed by atoms with Crippen molar-refractivity contribution in [1.29, 1.82) is 0 Å². The average molecular weight is 417 g/mol. The van der Waals surface area contributed by atoms with Gasteiger partial charge in [-0.25, -0.2) is 0 Å². The Kier molecular flexibility index (Phi) is 5.38. The molecule has 1 saturated heterocycles. The number of aryl methyl sites for hydroxylation is 1. The number of nitrogens with zero attached hydrogens (tertiary/aromatic N) is 1. The molecule has 2 heterocycles. The van der Waals surface area contributed by atoms with Crippen LogP contribution < -0.4 is 9.64 Å². The van der Waals surface area contributed by atoms with Crippen molar-refractivity contribution in [2.24, 2.45) is 0 Å². The molecule has 1 fully saturated rings. The fourth-order valence-corrected chi connectivity index (χ4v) is 3.74. The molecule has 0 radical (unpaired) electrons. The van der Waals surface area contributed by atoms with Crippen LogP contribution in [0, 0.1) is 6.92 Å². The number of anilines is 1. The predicted molar refractivity (Wildman–Crippen MR) is 117 cm³/mol. The van der Waals surface area contributed by atoms with Gasteiger partial charge in [0, 0.05) is 11.3 Å². The SMILES string of the molecule is Cc1cccc(N2C(=O)C(=O)/C(=C(\O)c3cccc(OC(C)C)c3)C2c2ccco2)c1. The smallest absolute Gasteiger partial charge is 0.300 e. The second-order valence-electron chi connectivity index (χ2n) is 7.72. The number of ether oxygens (including phenoxy) is 1. The molecule has 4 rings (SSSR count). The molecule has 0 bridgehead atoms. The number of carbonyl (C=O) groups excluding carboxylic acids is 2. The van der Waals surface area contributed by atoms with Crippen molar-refractivity contribution >= 4 is 23.1 Å². The molecule has 1 N–H and O–H groups in total. The van der Waals surface area contributed by atoms with Crippen LogP contribution in [-0.2, 0) is 9.59 Å². The van der Waals surface area contributed by atoms with E-state index in [-0.39, 0.29) is 17.4 Å². The lowest BCUT2D eigenvalue weighted by Gasteiger charge is -2.23. The standard InChI is InChI=1S/C25H23NO5/c1-15(2)31-19-10-5-8-17(14-19)23(27)21-22(20-11-6-12-30-20)26(25(29)24(21)28)18-9-4-7-16(3)13-18/h4-15,22,27H,1-3H3/b23-21-. The molecule has 6 heteroatoms. The van der Waals surface area contributed by atoms with Crippen molar-refractivity contribution in [2.45, 2.75) is 32.9 Å². The highest BCUT2D eigenvalue weighted by Crippen LogP contribution is 2.42. The Bertz CT molecular complexity index is 1160. The summed E-state index contributed by atoms with van der Waals surface area (Å²) in [5.41, 5.74) is 1.86.